The smallest absolute Gasteiger partial charge is 0.141 e. The molecule has 2 aromatic rings. The predicted octanol–water partition coefficient (Wildman–Crippen LogP) is 5.40. The normalized spacial score (nSPS) is 12.4. The molecule has 0 fully saturated rings. The van der Waals surface area contributed by atoms with Crippen LogP contribution < -0.4 is 5.32 Å². The van der Waals surface area contributed by atoms with Crippen molar-refractivity contribution in [2.24, 2.45) is 0 Å². The second kappa shape index (κ2) is 6.90. The molecular weight excluding hydrogens is 364 g/mol. The molecule has 0 bridgehead atoms. The molecule has 0 aliphatic rings. The Hall–Kier alpha value is -0.610. The molecule has 2 rings (SSSR count). The van der Waals surface area contributed by atoms with E-state index >= 15 is 0 Å². The lowest BCUT2D eigenvalue weighted by Gasteiger charge is -2.19. The fourth-order valence-electron chi connectivity index (χ4n) is 2.06. The molecule has 1 atom stereocenters. The van der Waals surface area contributed by atoms with E-state index in [-0.39, 0.29) is 11.1 Å². The molecule has 0 aliphatic carbocycles. The first kappa shape index (κ1) is 15.8. The Labute approximate surface area is 136 Å². The largest absolute Gasteiger partial charge is 0.313 e. The fourth-order valence-corrected chi connectivity index (χ4v) is 2.90. The molecule has 0 aromatic heterocycles. The van der Waals surface area contributed by atoms with Crippen molar-refractivity contribution in [3.8, 4) is 0 Å². The summed E-state index contributed by atoms with van der Waals surface area (Å²) in [7, 11) is 1.87. The number of rotatable bonds is 4. The van der Waals surface area contributed by atoms with Crippen LogP contribution in [0.5, 0.6) is 0 Å². The van der Waals surface area contributed by atoms with Gasteiger partial charge >= 0.3 is 0 Å². The topological polar surface area (TPSA) is 12.0 Å². The molecule has 1 unspecified atom stereocenters. The van der Waals surface area contributed by atoms with Crippen LogP contribution in [0, 0.1) is 5.82 Å². The summed E-state index contributed by atoms with van der Waals surface area (Å²) in [5.74, 6) is -0.406. The van der Waals surface area contributed by atoms with E-state index in [1.165, 1.54) is 6.07 Å². The van der Waals surface area contributed by atoms with Crippen LogP contribution in [0.15, 0.2) is 40.9 Å². The van der Waals surface area contributed by atoms with Crippen LogP contribution in [0.1, 0.15) is 17.2 Å². The van der Waals surface area contributed by atoms with Gasteiger partial charge in [-0.2, -0.15) is 0 Å². The van der Waals surface area contributed by atoms with E-state index in [0.717, 1.165) is 15.6 Å². The molecule has 2 aromatic carbocycles. The SMILES string of the molecule is CNC(Cc1ccc(F)c(Cl)c1)c1cccc(Br)c1Cl. The summed E-state index contributed by atoms with van der Waals surface area (Å²) >= 11 is 15.6. The van der Waals surface area contributed by atoms with Gasteiger partial charge in [-0.05, 0) is 58.7 Å². The number of halogens is 4. The minimum absolute atomic E-state index is 0.0292. The van der Waals surface area contributed by atoms with Gasteiger partial charge in [0, 0.05) is 10.5 Å². The zero-order valence-electron chi connectivity index (χ0n) is 10.8. The summed E-state index contributed by atoms with van der Waals surface area (Å²) in [6.45, 7) is 0. The maximum absolute atomic E-state index is 13.2. The molecule has 0 amide bonds. The molecule has 1 N–H and O–H groups in total. The number of hydrogen-bond acceptors (Lipinski definition) is 1. The summed E-state index contributed by atoms with van der Waals surface area (Å²) < 4.78 is 14.0. The van der Waals surface area contributed by atoms with Crippen LogP contribution in [0.25, 0.3) is 0 Å². The van der Waals surface area contributed by atoms with E-state index in [1.807, 2.05) is 25.2 Å². The first-order valence-electron chi connectivity index (χ1n) is 6.08. The zero-order chi connectivity index (χ0) is 14.7. The third-order valence-electron chi connectivity index (χ3n) is 3.13. The van der Waals surface area contributed by atoms with Crippen molar-refractivity contribution in [1.82, 2.24) is 5.32 Å². The Bertz CT molecular complexity index is 619. The molecule has 1 nitrogen and oxygen atoms in total. The summed E-state index contributed by atoms with van der Waals surface area (Å²) in [5.41, 5.74) is 1.94. The Morgan fingerprint density at radius 3 is 2.65 bits per heavy atom. The quantitative estimate of drug-likeness (QED) is 0.753. The minimum atomic E-state index is -0.406. The van der Waals surface area contributed by atoms with Gasteiger partial charge < -0.3 is 5.32 Å². The van der Waals surface area contributed by atoms with Crippen molar-refractivity contribution in [3.63, 3.8) is 0 Å². The average molecular weight is 377 g/mol. The molecule has 0 spiro atoms. The second-order valence-corrected chi connectivity index (χ2v) is 6.08. The predicted molar refractivity (Wildman–Crippen MR) is 86.1 cm³/mol. The van der Waals surface area contributed by atoms with Crippen molar-refractivity contribution < 1.29 is 4.39 Å². The number of benzene rings is 2. The third kappa shape index (κ3) is 3.53. The lowest BCUT2D eigenvalue weighted by molar-refractivity contribution is 0.589. The summed E-state index contributed by atoms with van der Waals surface area (Å²) in [5, 5.41) is 4.04. The van der Waals surface area contributed by atoms with E-state index in [0.29, 0.717) is 11.4 Å². The summed E-state index contributed by atoms with van der Waals surface area (Å²) in [6, 6.07) is 10.6. The van der Waals surface area contributed by atoms with Crippen molar-refractivity contribution in [1.29, 1.82) is 0 Å². The molecule has 0 aliphatic heterocycles. The van der Waals surface area contributed by atoms with Gasteiger partial charge in [0.2, 0.25) is 0 Å². The van der Waals surface area contributed by atoms with E-state index in [9.17, 15) is 4.39 Å². The number of likely N-dealkylation sites (N-methyl/N-ethyl adjacent to an activating group) is 1. The third-order valence-corrected chi connectivity index (χ3v) is 4.73. The molecule has 0 saturated carbocycles. The lowest BCUT2D eigenvalue weighted by atomic mass is 9.99. The van der Waals surface area contributed by atoms with Crippen LogP contribution in [0.2, 0.25) is 10.0 Å². The molecule has 0 radical (unpaired) electrons. The van der Waals surface area contributed by atoms with Crippen LogP contribution in [0.3, 0.4) is 0 Å². The van der Waals surface area contributed by atoms with Crippen LogP contribution in [-0.2, 0) is 6.42 Å². The Morgan fingerprint density at radius 1 is 1.25 bits per heavy atom. The summed E-state index contributed by atoms with van der Waals surface area (Å²) in [4.78, 5) is 0. The second-order valence-electron chi connectivity index (χ2n) is 4.44. The van der Waals surface area contributed by atoms with Gasteiger partial charge in [-0.25, -0.2) is 4.39 Å². The van der Waals surface area contributed by atoms with Crippen molar-refractivity contribution >= 4 is 39.1 Å². The van der Waals surface area contributed by atoms with E-state index in [4.69, 9.17) is 23.2 Å². The van der Waals surface area contributed by atoms with Crippen molar-refractivity contribution in [2.45, 2.75) is 12.5 Å². The molecule has 0 heterocycles. The highest BCUT2D eigenvalue weighted by molar-refractivity contribution is 9.10. The zero-order valence-corrected chi connectivity index (χ0v) is 13.9. The highest BCUT2D eigenvalue weighted by Crippen LogP contribution is 2.32. The average Bonchev–Trinajstić information content (AvgIpc) is 2.43. The first-order valence-corrected chi connectivity index (χ1v) is 7.63. The molecule has 20 heavy (non-hydrogen) atoms. The number of nitrogens with one attached hydrogen (secondary N) is 1. The Balaban J connectivity index is 2.28. The standard InChI is InChI=1S/C15H13BrCl2FN/c1-20-14(10-3-2-4-11(16)15(10)18)8-9-5-6-13(19)12(17)7-9/h2-7,14,20H,8H2,1H3. The van der Waals surface area contributed by atoms with Crippen molar-refractivity contribution in [2.75, 3.05) is 7.05 Å². The Morgan fingerprint density at radius 2 is 2.00 bits per heavy atom. The maximum Gasteiger partial charge on any atom is 0.141 e. The highest BCUT2D eigenvalue weighted by Gasteiger charge is 2.15. The molecular formula is C15H13BrCl2FN. The van der Waals surface area contributed by atoms with Gasteiger partial charge in [0.15, 0.2) is 0 Å². The van der Waals surface area contributed by atoms with Gasteiger partial charge in [0.25, 0.3) is 0 Å². The monoisotopic (exact) mass is 375 g/mol. The van der Waals surface area contributed by atoms with Gasteiger partial charge in [-0.3, -0.25) is 0 Å². The fraction of sp³-hybridized carbons (Fsp3) is 0.200. The van der Waals surface area contributed by atoms with Crippen LogP contribution >= 0.6 is 39.1 Å². The molecule has 106 valence electrons. The van der Waals surface area contributed by atoms with Gasteiger partial charge in [-0.1, -0.05) is 41.4 Å². The van der Waals surface area contributed by atoms with E-state index in [1.54, 1.807) is 12.1 Å². The van der Waals surface area contributed by atoms with Crippen LogP contribution in [-0.4, -0.2) is 7.05 Å². The van der Waals surface area contributed by atoms with E-state index < -0.39 is 5.82 Å². The van der Waals surface area contributed by atoms with Gasteiger partial charge in [-0.15, -0.1) is 0 Å². The lowest BCUT2D eigenvalue weighted by Crippen LogP contribution is -2.19. The summed E-state index contributed by atoms with van der Waals surface area (Å²) in [6.07, 6.45) is 0.673. The maximum atomic E-state index is 13.2. The van der Waals surface area contributed by atoms with Crippen molar-refractivity contribution in [3.05, 3.63) is 67.9 Å². The van der Waals surface area contributed by atoms with Gasteiger partial charge in [0.1, 0.15) is 5.82 Å². The highest BCUT2D eigenvalue weighted by atomic mass is 79.9. The molecule has 5 heteroatoms. The van der Waals surface area contributed by atoms with Gasteiger partial charge in [0.05, 0.1) is 10.0 Å². The minimum Gasteiger partial charge on any atom is -0.313 e. The first-order chi connectivity index (χ1) is 9.52. The Kier molecular flexibility index (Phi) is 5.44. The van der Waals surface area contributed by atoms with Crippen LogP contribution in [0.4, 0.5) is 4.39 Å². The molecule has 0 saturated heterocycles. The number of hydrogen-bond donors (Lipinski definition) is 1. The van der Waals surface area contributed by atoms with E-state index in [2.05, 4.69) is 21.2 Å².